The average Bonchev–Trinajstić information content (AvgIpc) is 3.09. The van der Waals surface area contributed by atoms with E-state index in [1.807, 2.05) is 0 Å². The van der Waals surface area contributed by atoms with Crippen LogP contribution in [0.4, 0.5) is 0 Å². The first-order valence-corrected chi connectivity index (χ1v) is 10.7. The van der Waals surface area contributed by atoms with Gasteiger partial charge in [0.05, 0.1) is 6.54 Å². The predicted molar refractivity (Wildman–Crippen MR) is 102 cm³/mol. The van der Waals surface area contributed by atoms with Gasteiger partial charge in [0.15, 0.2) is 0 Å². The highest BCUT2D eigenvalue weighted by Gasteiger charge is 2.32. The van der Waals surface area contributed by atoms with Crippen LogP contribution in [0.1, 0.15) is 62.5 Å². The van der Waals surface area contributed by atoms with Crippen molar-refractivity contribution in [3.8, 4) is 0 Å². The predicted octanol–water partition coefficient (Wildman–Crippen LogP) is 1.93. The maximum absolute atomic E-state index is 12.9. The van der Waals surface area contributed by atoms with Crippen LogP contribution in [-0.2, 0) is 23.1 Å². The molecule has 0 aromatic carbocycles. The normalized spacial score (nSPS) is 25.7. The second kappa shape index (κ2) is 8.69. The lowest BCUT2D eigenvalue weighted by Gasteiger charge is -2.35. The standard InChI is InChI=1S/C20H33N5O2/c1-23-18(15-24-9-3-2-4-10-24)21-22-19(23)17-6-5-11-25(14-17)20(26)16-7-12-27-13-8-16/h16-17H,2-15H2,1H3/t17-/m1/s1. The van der Waals surface area contributed by atoms with E-state index < -0.39 is 0 Å². The van der Waals surface area contributed by atoms with E-state index in [4.69, 9.17) is 4.74 Å². The molecule has 1 atom stereocenters. The number of carbonyl (C=O) groups excluding carboxylic acids is 1. The number of aromatic nitrogens is 3. The topological polar surface area (TPSA) is 63.5 Å². The monoisotopic (exact) mass is 375 g/mol. The molecule has 1 amide bonds. The van der Waals surface area contributed by atoms with Crippen molar-refractivity contribution in [2.75, 3.05) is 39.4 Å². The summed E-state index contributed by atoms with van der Waals surface area (Å²) < 4.78 is 7.59. The van der Waals surface area contributed by atoms with Gasteiger partial charge in [-0.15, -0.1) is 10.2 Å². The van der Waals surface area contributed by atoms with Crippen molar-refractivity contribution in [1.29, 1.82) is 0 Å². The van der Waals surface area contributed by atoms with Crippen LogP contribution < -0.4 is 0 Å². The van der Waals surface area contributed by atoms with E-state index in [9.17, 15) is 4.79 Å². The SMILES string of the molecule is Cn1c(CN2CCCCC2)nnc1[C@@H]1CCCN(C(=O)C2CCOCC2)C1. The highest BCUT2D eigenvalue weighted by Crippen LogP contribution is 2.28. The Balaban J connectivity index is 1.39. The van der Waals surface area contributed by atoms with Crippen molar-refractivity contribution in [3.63, 3.8) is 0 Å². The Morgan fingerprint density at radius 2 is 1.81 bits per heavy atom. The first kappa shape index (κ1) is 18.9. The number of hydrogen-bond donors (Lipinski definition) is 0. The molecule has 4 rings (SSSR count). The number of carbonyl (C=O) groups is 1. The minimum Gasteiger partial charge on any atom is -0.381 e. The Labute approximate surface area is 162 Å². The summed E-state index contributed by atoms with van der Waals surface area (Å²) in [6, 6.07) is 0. The molecular formula is C20H33N5O2. The number of rotatable bonds is 4. The van der Waals surface area contributed by atoms with Gasteiger partial charge in [-0.3, -0.25) is 9.69 Å². The molecule has 0 radical (unpaired) electrons. The number of ether oxygens (including phenoxy) is 1. The first-order valence-electron chi connectivity index (χ1n) is 10.7. The zero-order valence-electron chi connectivity index (χ0n) is 16.6. The maximum Gasteiger partial charge on any atom is 0.225 e. The maximum atomic E-state index is 12.9. The van der Waals surface area contributed by atoms with Gasteiger partial charge in [-0.2, -0.15) is 0 Å². The van der Waals surface area contributed by atoms with Crippen LogP contribution in [0.25, 0.3) is 0 Å². The van der Waals surface area contributed by atoms with Crippen molar-refractivity contribution in [2.45, 2.75) is 57.4 Å². The summed E-state index contributed by atoms with van der Waals surface area (Å²) in [5.74, 6) is 2.87. The Bertz CT molecular complexity index is 634. The fourth-order valence-corrected chi connectivity index (χ4v) is 4.78. The molecule has 0 bridgehead atoms. The number of nitrogens with zero attached hydrogens (tertiary/aromatic N) is 5. The average molecular weight is 376 g/mol. The molecule has 3 saturated heterocycles. The lowest BCUT2D eigenvalue weighted by molar-refractivity contribution is -0.139. The van der Waals surface area contributed by atoms with Crippen LogP contribution >= 0.6 is 0 Å². The van der Waals surface area contributed by atoms with Crippen LogP contribution in [0.15, 0.2) is 0 Å². The summed E-state index contributed by atoms with van der Waals surface area (Å²) in [7, 11) is 2.09. The van der Waals surface area contributed by atoms with E-state index in [1.54, 1.807) is 0 Å². The first-order chi connectivity index (χ1) is 13.2. The van der Waals surface area contributed by atoms with Gasteiger partial charge in [-0.05, 0) is 51.6 Å². The molecule has 0 spiro atoms. The van der Waals surface area contributed by atoms with Crippen molar-refractivity contribution in [3.05, 3.63) is 11.6 Å². The van der Waals surface area contributed by atoms with Gasteiger partial charge in [-0.1, -0.05) is 6.42 Å². The molecule has 3 aliphatic heterocycles. The number of amides is 1. The van der Waals surface area contributed by atoms with Crippen LogP contribution in [0.3, 0.4) is 0 Å². The fourth-order valence-electron chi connectivity index (χ4n) is 4.78. The minimum atomic E-state index is 0.145. The van der Waals surface area contributed by atoms with E-state index in [0.29, 0.717) is 11.8 Å². The van der Waals surface area contributed by atoms with E-state index in [-0.39, 0.29) is 5.92 Å². The van der Waals surface area contributed by atoms with Crippen molar-refractivity contribution < 1.29 is 9.53 Å². The Hall–Kier alpha value is -1.47. The molecule has 0 N–H and O–H groups in total. The van der Waals surface area contributed by atoms with Gasteiger partial charge in [0.2, 0.25) is 5.91 Å². The highest BCUT2D eigenvalue weighted by molar-refractivity contribution is 5.79. The summed E-state index contributed by atoms with van der Waals surface area (Å²) in [5.41, 5.74) is 0. The second-order valence-corrected chi connectivity index (χ2v) is 8.38. The lowest BCUT2D eigenvalue weighted by atomic mass is 9.93. The highest BCUT2D eigenvalue weighted by atomic mass is 16.5. The molecule has 1 aromatic heterocycles. The van der Waals surface area contributed by atoms with Crippen molar-refractivity contribution in [1.82, 2.24) is 24.6 Å². The third-order valence-corrected chi connectivity index (χ3v) is 6.48. The van der Waals surface area contributed by atoms with Crippen molar-refractivity contribution >= 4 is 5.91 Å². The fraction of sp³-hybridized carbons (Fsp3) is 0.850. The zero-order chi connectivity index (χ0) is 18.6. The smallest absolute Gasteiger partial charge is 0.225 e. The Morgan fingerprint density at radius 1 is 1.04 bits per heavy atom. The van der Waals surface area contributed by atoms with Gasteiger partial charge >= 0.3 is 0 Å². The molecule has 7 heteroatoms. The summed E-state index contributed by atoms with van der Waals surface area (Å²) in [6.07, 6.45) is 7.79. The Kier molecular flexibility index (Phi) is 6.08. The van der Waals surface area contributed by atoms with Crippen LogP contribution in [-0.4, -0.2) is 69.9 Å². The van der Waals surface area contributed by atoms with Crippen molar-refractivity contribution in [2.24, 2.45) is 13.0 Å². The quantitative estimate of drug-likeness (QED) is 0.805. The molecule has 27 heavy (non-hydrogen) atoms. The molecule has 3 fully saturated rings. The molecule has 7 nitrogen and oxygen atoms in total. The van der Waals surface area contributed by atoms with Gasteiger partial charge in [0.25, 0.3) is 0 Å². The second-order valence-electron chi connectivity index (χ2n) is 8.38. The molecule has 1 aromatic rings. The largest absolute Gasteiger partial charge is 0.381 e. The number of hydrogen-bond acceptors (Lipinski definition) is 5. The lowest BCUT2D eigenvalue weighted by Crippen LogP contribution is -2.44. The van der Waals surface area contributed by atoms with Crippen LogP contribution in [0, 0.1) is 5.92 Å². The molecular weight excluding hydrogens is 342 g/mol. The molecule has 150 valence electrons. The summed E-state index contributed by atoms with van der Waals surface area (Å²) in [6.45, 7) is 6.32. The third-order valence-electron chi connectivity index (χ3n) is 6.48. The van der Waals surface area contributed by atoms with E-state index in [2.05, 4.69) is 31.6 Å². The van der Waals surface area contributed by atoms with E-state index in [1.165, 1.54) is 32.4 Å². The third kappa shape index (κ3) is 4.35. The molecule has 0 aliphatic carbocycles. The van der Waals surface area contributed by atoms with Gasteiger partial charge in [0, 0.05) is 45.2 Å². The van der Waals surface area contributed by atoms with E-state index >= 15 is 0 Å². The number of piperidine rings is 2. The molecule has 0 unspecified atom stereocenters. The molecule has 0 saturated carbocycles. The molecule has 4 heterocycles. The molecule has 3 aliphatic rings. The summed E-state index contributed by atoms with van der Waals surface area (Å²) >= 11 is 0. The van der Waals surface area contributed by atoms with Gasteiger partial charge in [0.1, 0.15) is 11.6 Å². The van der Waals surface area contributed by atoms with Gasteiger partial charge < -0.3 is 14.2 Å². The van der Waals surface area contributed by atoms with E-state index in [0.717, 1.165) is 70.2 Å². The summed E-state index contributed by atoms with van der Waals surface area (Å²) in [4.78, 5) is 17.5. The summed E-state index contributed by atoms with van der Waals surface area (Å²) in [5, 5.41) is 9.04. The Morgan fingerprint density at radius 3 is 2.59 bits per heavy atom. The van der Waals surface area contributed by atoms with Crippen LogP contribution in [0.2, 0.25) is 0 Å². The van der Waals surface area contributed by atoms with Gasteiger partial charge in [-0.25, -0.2) is 0 Å². The number of likely N-dealkylation sites (tertiary alicyclic amines) is 2. The minimum absolute atomic E-state index is 0.145. The zero-order valence-corrected chi connectivity index (χ0v) is 16.6. The van der Waals surface area contributed by atoms with Crippen LogP contribution in [0.5, 0.6) is 0 Å².